The summed E-state index contributed by atoms with van der Waals surface area (Å²) in [5.74, 6) is -4.10. The molecule has 0 heterocycles. The molecule has 84 valence electrons. The summed E-state index contributed by atoms with van der Waals surface area (Å²) in [4.78, 5) is 11.3. The van der Waals surface area contributed by atoms with Crippen LogP contribution in [0.5, 0.6) is 0 Å². The van der Waals surface area contributed by atoms with Crippen molar-refractivity contribution < 1.29 is 18.3 Å². The molecular formula is C9H17F2NO2. The number of esters is 1. The second kappa shape index (κ2) is 4.68. The molecule has 0 aromatic heterocycles. The van der Waals surface area contributed by atoms with Gasteiger partial charge in [-0.15, -0.1) is 0 Å². The Kier molecular flexibility index (Phi) is 4.45. The number of halogens is 2. The third kappa shape index (κ3) is 2.20. The van der Waals surface area contributed by atoms with Crippen LogP contribution < -0.4 is 5.73 Å². The second-order valence-corrected chi connectivity index (χ2v) is 3.42. The maximum atomic E-state index is 13.3. The van der Waals surface area contributed by atoms with Gasteiger partial charge in [0.1, 0.15) is 5.41 Å². The van der Waals surface area contributed by atoms with Gasteiger partial charge in [0.05, 0.1) is 7.11 Å². The summed E-state index contributed by atoms with van der Waals surface area (Å²) in [5, 5.41) is 0. The highest BCUT2D eigenvalue weighted by Gasteiger charge is 2.55. The lowest BCUT2D eigenvalue weighted by atomic mass is 9.78. The minimum Gasteiger partial charge on any atom is -0.468 e. The van der Waals surface area contributed by atoms with Gasteiger partial charge in [0, 0.05) is 13.5 Å². The molecule has 2 N–H and O–H groups in total. The summed E-state index contributed by atoms with van der Waals surface area (Å²) in [7, 11) is 1.09. The number of methoxy groups -OCH3 is 1. The van der Waals surface area contributed by atoms with Crippen molar-refractivity contribution in [2.75, 3.05) is 13.7 Å². The van der Waals surface area contributed by atoms with Gasteiger partial charge in [0.15, 0.2) is 0 Å². The molecule has 5 heteroatoms. The average molecular weight is 209 g/mol. The van der Waals surface area contributed by atoms with E-state index in [0.29, 0.717) is 13.3 Å². The van der Waals surface area contributed by atoms with Gasteiger partial charge in [-0.1, -0.05) is 13.3 Å². The van der Waals surface area contributed by atoms with Crippen LogP contribution in [-0.4, -0.2) is 25.5 Å². The molecule has 0 aliphatic carbocycles. The lowest BCUT2D eigenvalue weighted by Crippen LogP contribution is -2.51. The van der Waals surface area contributed by atoms with Gasteiger partial charge < -0.3 is 10.5 Å². The highest BCUT2D eigenvalue weighted by molar-refractivity contribution is 5.78. The summed E-state index contributed by atoms with van der Waals surface area (Å²) >= 11 is 0. The highest BCUT2D eigenvalue weighted by atomic mass is 19.3. The van der Waals surface area contributed by atoms with Crippen LogP contribution in [-0.2, 0) is 9.53 Å². The summed E-state index contributed by atoms with van der Waals surface area (Å²) in [6, 6.07) is 0. The van der Waals surface area contributed by atoms with Crippen LogP contribution in [0.4, 0.5) is 8.78 Å². The number of rotatable bonds is 5. The topological polar surface area (TPSA) is 52.3 Å². The zero-order valence-corrected chi connectivity index (χ0v) is 8.77. The van der Waals surface area contributed by atoms with E-state index in [4.69, 9.17) is 5.73 Å². The maximum Gasteiger partial charge on any atom is 0.319 e. The van der Waals surface area contributed by atoms with E-state index >= 15 is 0 Å². The number of carbonyl (C=O) groups is 1. The minimum absolute atomic E-state index is 0.0275. The number of hydrogen-bond donors (Lipinski definition) is 1. The smallest absolute Gasteiger partial charge is 0.319 e. The lowest BCUT2D eigenvalue weighted by Gasteiger charge is -2.34. The molecule has 0 rings (SSSR count). The first-order chi connectivity index (χ1) is 6.35. The van der Waals surface area contributed by atoms with Crippen LogP contribution in [0.3, 0.4) is 0 Å². The van der Waals surface area contributed by atoms with Crippen molar-refractivity contribution in [1.82, 2.24) is 0 Å². The van der Waals surface area contributed by atoms with Crippen molar-refractivity contribution in [3.05, 3.63) is 0 Å². The van der Waals surface area contributed by atoms with E-state index in [2.05, 4.69) is 4.74 Å². The van der Waals surface area contributed by atoms with E-state index in [9.17, 15) is 13.6 Å². The average Bonchev–Trinajstić information content (AvgIpc) is 2.11. The fourth-order valence-electron chi connectivity index (χ4n) is 1.49. The molecule has 0 aromatic carbocycles. The fourth-order valence-corrected chi connectivity index (χ4v) is 1.49. The van der Waals surface area contributed by atoms with E-state index in [0.717, 1.165) is 7.11 Å². The molecule has 0 fully saturated rings. The van der Waals surface area contributed by atoms with Crippen molar-refractivity contribution in [2.45, 2.75) is 32.6 Å². The van der Waals surface area contributed by atoms with Gasteiger partial charge in [-0.3, -0.25) is 4.79 Å². The molecule has 0 amide bonds. The Balaban J connectivity index is 5.08. The first-order valence-electron chi connectivity index (χ1n) is 4.52. The number of nitrogens with two attached hydrogens (primary N) is 1. The van der Waals surface area contributed by atoms with Crippen LogP contribution in [0.15, 0.2) is 0 Å². The van der Waals surface area contributed by atoms with Crippen LogP contribution >= 0.6 is 0 Å². The third-order valence-corrected chi connectivity index (χ3v) is 2.44. The summed E-state index contributed by atoms with van der Waals surface area (Å²) in [6.45, 7) is 2.02. The molecule has 1 unspecified atom stereocenters. The van der Waals surface area contributed by atoms with Gasteiger partial charge in [0.2, 0.25) is 0 Å². The fraction of sp³-hybridized carbons (Fsp3) is 0.889. The molecule has 0 aliphatic heterocycles. The zero-order chi connectivity index (χ0) is 11.4. The number of ether oxygens (including phenoxy) is 1. The van der Waals surface area contributed by atoms with Crippen LogP contribution in [0.1, 0.15) is 26.7 Å². The number of alkyl halides is 2. The van der Waals surface area contributed by atoms with Crippen molar-refractivity contribution in [3.63, 3.8) is 0 Å². The van der Waals surface area contributed by atoms with Gasteiger partial charge >= 0.3 is 5.97 Å². The van der Waals surface area contributed by atoms with Crippen molar-refractivity contribution in [2.24, 2.45) is 11.1 Å². The molecule has 0 saturated heterocycles. The number of hydrogen-bond acceptors (Lipinski definition) is 3. The van der Waals surface area contributed by atoms with Gasteiger partial charge in [0.25, 0.3) is 5.92 Å². The van der Waals surface area contributed by atoms with Gasteiger partial charge in [-0.2, -0.15) is 0 Å². The summed E-state index contributed by atoms with van der Waals surface area (Å²) in [5.41, 5.74) is 3.40. The van der Waals surface area contributed by atoms with E-state index in [1.807, 2.05) is 0 Å². The molecule has 0 radical (unpaired) electrons. The minimum atomic E-state index is -3.16. The van der Waals surface area contributed by atoms with Crippen molar-refractivity contribution in [3.8, 4) is 0 Å². The predicted octanol–water partition coefficient (Wildman–Crippen LogP) is 1.56. The van der Waals surface area contributed by atoms with E-state index in [1.165, 1.54) is 0 Å². The Morgan fingerprint density at radius 3 is 2.21 bits per heavy atom. The monoisotopic (exact) mass is 209 g/mol. The van der Waals surface area contributed by atoms with Crippen LogP contribution in [0.25, 0.3) is 0 Å². The van der Waals surface area contributed by atoms with E-state index in [-0.39, 0.29) is 6.42 Å². The van der Waals surface area contributed by atoms with E-state index in [1.54, 1.807) is 6.92 Å². The van der Waals surface area contributed by atoms with Crippen LogP contribution in [0, 0.1) is 5.41 Å². The molecule has 0 aromatic rings. The van der Waals surface area contributed by atoms with Gasteiger partial charge in [-0.25, -0.2) is 8.78 Å². The van der Waals surface area contributed by atoms with Crippen molar-refractivity contribution >= 4 is 5.97 Å². The van der Waals surface area contributed by atoms with Crippen molar-refractivity contribution in [1.29, 1.82) is 0 Å². The predicted molar refractivity (Wildman–Crippen MR) is 49.0 cm³/mol. The molecule has 3 nitrogen and oxygen atoms in total. The molecule has 0 aliphatic rings. The number of carbonyl (C=O) groups excluding carboxylic acids is 1. The standard InChI is InChI=1S/C9H17F2NO2/c1-4-5-9(6-12,7(13)14-3)8(2,10)11/h4-6,12H2,1-3H3. The Hall–Kier alpha value is -0.710. The molecule has 14 heavy (non-hydrogen) atoms. The summed E-state index contributed by atoms with van der Waals surface area (Å²) < 4.78 is 31.0. The first kappa shape index (κ1) is 13.3. The molecular weight excluding hydrogens is 192 g/mol. The SMILES string of the molecule is CCCC(CN)(C(=O)OC)C(C)(F)F. The summed E-state index contributed by atoms with van der Waals surface area (Å²) in [6.07, 6.45) is 0.482. The lowest BCUT2D eigenvalue weighted by molar-refractivity contribution is -0.178. The Labute approximate surface area is 82.6 Å². The Bertz CT molecular complexity index is 203. The molecule has 1 atom stereocenters. The van der Waals surface area contributed by atoms with Crippen LogP contribution in [0.2, 0.25) is 0 Å². The Morgan fingerprint density at radius 1 is 1.50 bits per heavy atom. The second-order valence-electron chi connectivity index (χ2n) is 3.42. The normalized spacial score (nSPS) is 16.1. The Morgan fingerprint density at radius 2 is 2.00 bits per heavy atom. The molecule has 0 bridgehead atoms. The third-order valence-electron chi connectivity index (χ3n) is 2.44. The maximum absolute atomic E-state index is 13.3. The molecule has 0 saturated carbocycles. The molecule has 0 spiro atoms. The highest BCUT2D eigenvalue weighted by Crippen LogP contribution is 2.40. The van der Waals surface area contributed by atoms with Gasteiger partial charge in [-0.05, 0) is 6.42 Å². The largest absolute Gasteiger partial charge is 0.468 e. The zero-order valence-electron chi connectivity index (χ0n) is 8.77. The first-order valence-corrected chi connectivity index (χ1v) is 4.52. The van der Waals surface area contributed by atoms with E-state index < -0.39 is 23.9 Å². The quantitative estimate of drug-likeness (QED) is 0.699.